The summed E-state index contributed by atoms with van der Waals surface area (Å²) < 4.78 is 13.1. The number of nitrogens with zero attached hydrogens (tertiary/aromatic N) is 5. The second-order valence-corrected chi connectivity index (χ2v) is 8.67. The fourth-order valence-corrected chi connectivity index (χ4v) is 3.82. The second kappa shape index (κ2) is 11.5. The molecule has 0 aliphatic carbocycles. The van der Waals surface area contributed by atoms with Gasteiger partial charge in [0, 0.05) is 44.7 Å². The third-order valence-electron chi connectivity index (χ3n) is 5.57. The Morgan fingerprint density at radius 1 is 1.09 bits per heavy atom. The van der Waals surface area contributed by atoms with Gasteiger partial charge in [-0.3, -0.25) is 9.59 Å². The van der Waals surface area contributed by atoms with Gasteiger partial charge in [-0.05, 0) is 48.7 Å². The van der Waals surface area contributed by atoms with Gasteiger partial charge in [0.15, 0.2) is 5.82 Å². The summed E-state index contributed by atoms with van der Waals surface area (Å²) in [5.74, 6) is 0.626. The van der Waals surface area contributed by atoms with Crippen LogP contribution in [-0.2, 0) is 9.59 Å². The molecule has 33 heavy (non-hydrogen) atoms. The molecule has 176 valence electrons. The van der Waals surface area contributed by atoms with Crippen LogP contribution in [0.2, 0.25) is 0 Å². The highest BCUT2D eigenvalue weighted by atomic mass is 19.1. The van der Waals surface area contributed by atoms with E-state index in [0.29, 0.717) is 38.3 Å². The summed E-state index contributed by atoms with van der Waals surface area (Å²) in [6, 6.07) is 9.93. The van der Waals surface area contributed by atoms with Gasteiger partial charge >= 0.3 is 0 Å². The van der Waals surface area contributed by atoms with E-state index in [4.69, 9.17) is 0 Å². The Balaban J connectivity index is 1.59. The largest absolute Gasteiger partial charge is 0.353 e. The molecule has 2 heterocycles. The van der Waals surface area contributed by atoms with Crippen molar-refractivity contribution in [1.29, 1.82) is 0 Å². The van der Waals surface area contributed by atoms with E-state index in [-0.39, 0.29) is 30.1 Å². The lowest BCUT2D eigenvalue weighted by Crippen LogP contribution is -2.44. The Hall–Kier alpha value is -3.29. The van der Waals surface area contributed by atoms with Crippen molar-refractivity contribution in [2.75, 3.05) is 44.2 Å². The van der Waals surface area contributed by atoms with Gasteiger partial charge in [-0.2, -0.15) is 0 Å². The summed E-state index contributed by atoms with van der Waals surface area (Å²) in [6.07, 6.45) is 2.87. The topological polar surface area (TPSA) is 69.6 Å². The van der Waals surface area contributed by atoms with Gasteiger partial charge in [0.25, 0.3) is 0 Å². The van der Waals surface area contributed by atoms with Gasteiger partial charge in [-0.1, -0.05) is 19.9 Å². The number of carbonyl (C=O) groups is 2. The zero-order chi connectivity index (χ0) is 23.8. The van der Waals surface area contributed by atoms with Crippen LogP contribution in [0.15, 0.2) is 49.1 Å². The number of hydrogen-bond donors (Lipinski definition) is 0. The molecule has 3 rings (SSSR count). The number of benzene rings is 1. The highest BCUT2D eigenvalue weighted by Crippen LogP contribution is 2.20. The van der Waals surface area contributed by atoms with Crippen molar-refractivity contribution >= 4 is 17.6 Å². The molecule has 2 aromatic rings. The fraction of sp³-hybridized carbons (Fsp3) is 0.440. The van der Waals surface area contributed by atoms with Crippen molar-refractivity contribution in [3.05, 3.63) is 54.9 Å². The number of anilines is 1. The smallest absolute Gasteiger partial charge is 0.242 e. The Morgan fingerprint density at radius 2 is 1.85 bits per heavy atom. The summed E-state index contributed by atoms with van der Waals surface area (Å²) in [4.78, 5) is 30.9. The number of rotatable bonds is 8. The van der Waals surface area contributed by atoms with E-state index < -0.39 is 0 Å². The molecule has 0 unspecified atom stereocenters. The van der Waals surface area contributed by atoms with E-state index in [1.807, 2.05) is 30.9 Å². The first-order valence-electron chi connectivity index (χ1n) is 11.4. The zero-order valence-corrected chi connectivity index (χ0v) is 19.4. The standard InChI is InChI=1S/C25H32FN5O2/c1-4-12-31(24(32)17-19(2)3)18-25(33)30-14-5-13-29(15-16-30)23-11-10-22(27-28-23)20-6-8-21(26)9-7-20/h4,6-11,19H,1,5,12-18H2,2-3H3. The van der Waals surface area contributed by atoms with E-state index in [0.717, 1.165) is 24.3 Å². The van der Waals surface area contributed by atoms with Gasteiger partial charge in [-0.15, -0.1) is 16.8 Å². The maximum atomic E-state index is 13.1. The number of hydrogen-bond acceptors (Lipinski definition) is 5. The summed E-state index contributed by atoms with van der Waals surface area (Å²) in [7, 11) is 0. The predicted octanol–water partition coefficient (Wildman–Crippen LogP) is 3.38. The summed E-state index contributed by atoms with van der Waals surface area (Å²) >= 11 is 0. The van der Waals surface area contributed by atoms with Gasteiger partial charge in [0.2, 0.25) is 11.8 Å². The Morgan fingerprint density at radius 3 is 2.48 bits per heavy atom. The van der Waals surface area contributed by atoms with Crippen molar-refractivity contribution in [1.82, 2.24) is 20.0 Å². The van der Waals surface area contributed by atoms with Crippen LogP contribution >= 0.6 is 0 Å². The first-order chi connectivity index (χ1) is 15.9. The van der Waals surface area contributed by atoms with E-state index in [9.17, 15) is 14.0 Å². The average Bonchev–Trinajstić information content (AvgIpc) is 3.05. The second-order valence-electron chi connectivity index (χ2n) is 8.67. The lowest BCUT2D eigenvalue weighted by atomic mass is 10.1. The van der Waals surface area contributed by atoms with Crippen LogP contribution in [-0.4, -0.2) is 71.1 Å². The van der Waals surface area contributed by atoms with Crippen molar-refractivity contribution in [2.24, 2.45) is 5.92 Å². The minimum Gasteiger partial charge on any atom is -0.353 e. The molecule has 0 bridgehead atoms. The number of carbonyl (C=O) groups excluding carboxylic acids is 2. The Kier molecular flexibility index (Phi) is 8.52. The molecule has 7 nitrogen and oxygen atoms in total. The van der Waals surface area contributed by atoms with Crippen LogP contribution in [0.5, 0.6) is 0 Å². The van der Waals surface area contributed by atoms with E-state index >= 15 is 0 Å². The molecule has 0 radical (unpaired) electrons. The fourth-order valence-electron chi connectivity index (χ4n) is 3.82. The normalized spacial score (nSPS) is 14.2. The lowest BCUT2D eigenvalue weighted by Gasteiger charge is -2.27. The summed E-state index contributed by atoms with van der Waals surface area (Å²) in [5, 5.41) is 8.64. The lowest BCUT2D eigenvalue weighted by molar-refractivity contribution is -0.140. The van der Waals surface area contributed by atoms with Crippen LogP contribution in [0.3, 0.4) is 0 Å². The Bertz CT molecular complexity index is 946. The molecule has 1 aliphatic rings. The first kappa shape index (κ1) is 24.4. The summed E-state index contributed by atoms with van der Waals surface area (Å²) in [5.41, 5.74) is 1.48. The van der Waals surface area contributed by atoms with Crippen LogP contribution < -0.4 is 4.90 Å². The predicted molar refractivity (Wildman–Crippen MR) is 127 cm³/mol. The van der Waals surface area contributed by atoms with Crippen molar-refractivity contribution in [3.63, 3.8) is 0 Å². The number of aromatic nitrogens is 2. The monoisotopic (exact) mass is 453 g/mol. The van der Waals surface area contributed by atoms with Crippen LogP contribution in [0, 0.1) is 11.7 Å². The minimum atomic E-state index is -0.288. The molecule has 0 N–H and O–H groups in total. The molecule has 1 aromatic heterocycles. The molecule has 1 aromatic carbocycles. The van der Waals surface area contributed by atoms with Crippen LogP contribution in [0.4, 0.5) is 10.2 Å². The SMILES string of the molecule is C=CCN(CC(=O)N1CCCN(c2ccc(-c3ccc(F)cc3)nn2)CC1)C(=O)CC(C)C. The molecule has 0 spiro atoms. The van der Waals surface area contributed by atoms with Gasteiger partial charge in [0.1, 0.15) is 12.4 Å². The molecule has 0 atom stereocenters. The molecular formula is C25H32FN5O2. The third kappa shape index (κ3) is 6.84. The summed E-state index contributed by atoms with van der Waals surface area (Å²) in [6.45, 7) is 10.7. The zero-order valence-electron chi connectivity index (χ0n) is 19.4. The number of amides is 2. The highest BCUT2D eigenvalue weighted by Gasteiger charge is 2.24. The molecule has 1 aliphatic heterocycles. The van der Waals surface area contributed by atoms with E-state index in [1.54, 1.807) is 23.1 Å². The third-order valence-corrected chi connectivity index (χ3v) is 5.57. The van der Waals surface area contributed by atoms with Gasteiger partial charge in [0.05, 0.1) is 5.69 Å². The number of halogens is 1. The molecule has 8 heteroatoms. The molecular weight excluding hydrogens is 421 g/mol. The van der Waals surface area contributed by atoms with Crippen molar-refractivity contribution in [3.8, 4) is 11.3 Å². The maximum absolute atomic E-state index is 13.1. The van der Waals surface area contributed by atoms with Crippen molar-refractivity contribution < 1.29 is 14.0 Å². The maximum Gasteiger partial charge on any atom is 0.242 e. The van der Waals surface area contributed by atoms with Crippen LogP contribution in [0.1, 0.15) is 26.7 Å². The average molecular weight is 454 g/mol. The van der Waals surface area contributed by atoms with E-state index in [2.05, 4.69) is 21.7 Å². The molecule has 1 fully saturated rings. The molecule has 2 amide bonds. The first-order valence-corrected chi connectivity index (χ1v) is 11.4. The van der Waals surface area contributed by atoms with Gasteiger partial charge < -0.3 is 14.7 Å². The quantitative estimate of drug-likeness (QED) is 0.573. The van der Waals surface area contributed by atoms with E-state index in [1.165, 1.54) is 12.1 Å². The van der Waals surface area contributed by atoms with Gasteiger partial charge in [-0.25, -0.2) is 4.39 Å². The highest BCUT2D eigenvalue weighted by molar-refractivity contribution is 5.85. The van der Waals surface area contributed by atoms with Crippen LogP contribution in [0.25, 0.3) is 11.3 Å². The molecule has 0 saturated carbocycles. The minimum absolute atomic E-state index is 0.0220. The molecule has 1 saturated heterocycles. The van der Waals surface area contributed by atoms with Crippen molar-refractivity contribution in [2.45, 2.75) is 26.7 Å². The Labute approximate surface area is 194 Å².